The van der Waals surface area contributed by atoms with Gasteiger partial charge in [-0.3, -0.25) is 4.79 Å². The number of hydrogen-bond donors (Lipinski definition) is 1. The van der Waals surface area contributed by atoms with Gasteiger partial charge in [0.25, 0.3) is 0 Å². The Morgan fingerprint density at radius 3 is 2.71 bits per heavy atom. The molecule has 5 nitrogen and oxygen atoms in total. The third-order valence-corrected chi connectivity index (χ3v) is 3.79. The molecule has 0 unspecified atom stereocenters. The number of nitrogens with one attached hydrogen (secondary N) is 1. The highest BCUT2D eigenvalue weighted by Crippen LogP contribution is 2.33. The number of carbonyl (C=O) groups excluding carboxylic acids is 1. The molecule has 0 atom stereocenters. The minimum Gasteiger partial charge on any atom is -0.493 e. The molecule has 116 valence electrons. The van der Waals surface area contributed by atoms with Crippen LogP contribution in [-0.4, -0.2) is 57.6 Å². The average Bonchev–Trinajstić information content (AvgIpc) is 2.50. The lowest BCUT2D eigenvalue weighted by Gasteiger charge is -2.30. The maximum atomic E-state index is 12.2. The molecule has 0 aromatic heterocycles. The van der Waals surface area contributed by atoms with Crippen molar-refractivity contribution < 1.29 is 14.3 Å². The lowest BCUT2D eigenvalue weighted by Crippen LogP contribution is -2.36. The predicted molar refractivity (Wildman–Crippen MR) is 82.4 cm³/mol. The van der Waals surface area contributed by atoms with Gasteiger partial charge in [-0.1, -0.05) is 6.07 Å². The normalized spacial score (nSPS) is 16.7. The Kier molecular flexibility index (Phi) is 5.59. The fourth-order valence-electron chi connectivity index (χ4n) is 2.54. The summed E-state index contributed by atoms with van der Waals surface area (Å²) in [6, 6.07) is 5.45. The van der Waals surface area contributed by atoms with Crippen molar-refractivity contribution in [2.45, 2.75) is 18.9 Å². The summed E-state index contributed by atoms with van der Waals surface area (Å²) in [5.74, 6) is 1.21. The Balaban J connectivity index is 2.21. The van der Waals surface area contributed by atoms with E-state index in [1.807, 2.05) is 12.1 Å². The van der Waals surface area contributed by atoms with Crippen LogP contribution in [0.3, 0.4) is 0 Å². The molecule has 0 bridgehead atoms. The minimum atomic E-state index is 0.0133. The summed E-state index contributed by atoms with van der Waals surface area (Å²) in [7, 11) is 5.47. The molecule has 1 fully saturated rings. The van der Waals surface area contributed by atoms with E-state index >= 15 is 0 Å². The first-order valence-electron chi connectivity index (χ1n) is 7.35. The van der Waals surface area contributed by atoms with Gasteiger partial charge in [0, 0.05) is 13.1 Å². The number of ether oxygens (including phenoxy) is 2. The highest BCUT2D eigenvalue weighted by atomic mass is 16.5. The van der Waals surface area contributed by atoms with E-state index in [4.69, 9.17) is 9.47 Å². The molecular weight excluding hydrogens is 268 g/mol. The molecule has 1 heterocycles. The number of carbonyl (C=O) groups is 1. The number of hydrogen-bond acceptors (Lipinski definition) is 5. The molecular formula is C16H24N2O3. The molecule has 1 aromatic carbocycles. The average molecular weight is 292 g/mol. The summed E-state index contributed by atoms with van der Waals surface area (Å²) in [4.78, 5) is 14.5. The zero-order valence-corrected chi connectivity index (χ0v) is 13.0. The fourth-order valence-corrected chi connectivity index (χ4v) is 2.54. The number of para-hydroxylation sites is 1. The van der Waals surface area contributed by atoms with Gasteiger partial charge in [-0.2, -0.15) is 0 Å². The van der Waals surface area contributed by atoms with Gasteiger partial charge >= 0.3 is 0 Å². The van der Waals surface area contributed by atoms with Crippen molar-refractivity contribution >= 4 is 5.78 Å². The van der Waals surface area contributed by atoms with Gasteiger partial charge in [0.2, 0.25) is 0 Å². The van der Waals surface area contributed by atoms with E-state index < -0.39 is 0 Å². The molecule has 0 amide bonds. The second-order valence-electron chi connectivity index (χ2n) is 5.41. The molecule has 1 aliphatic rings. The van der Waals surface area contributed by atoms with E-state index in [1.54, 1.807) is 20.2 Å². The number of likely N-dealkylation sites (N-methyl/N-ethyl adjacent to an activating group) is 1. The summed E-state index contributed by atoms with van der Waals surface area (Å²) in [6.45, 7) is 2.32. The standard InChI is InChI=1S/C16H24N2O3/c1-17-11-14(19)13-5-4-6-15(20-3)16(13)21-12-7-9-18(2)10-8-12/h4-6,12,17H,7-11H2,1-3H3. The van der Waals surface area contributed by atoms with Crippen LogP contribution in [0.4, 0.5) is 0 Å². The molecule has 21 heavy (non-hydrogen) atoms. The first kappa shape index (κ1) is 15.8. The van der Waals surface area contributed by atoms with Crippen LogP contribution in [0.25, 0.3) is 0 Å². The predicted octanol–water partition coefficient (Wildman–Crippen LogP) is 1.57. The highest BCUT2D eigenvalue weighted by molar-refractivity contribution is 6.00. The zero-order valence-electron chi connectivity index (χ0n) is 13.0. The number of piperidine rings is 1. The molecule has 0 radical (unpaired) electrons. The number of Topliss-reactive ketones (excluding diaryl/α,β-unsaturated/α-hetero) is 1. The van der Waals surface area contributed by atoms with Crippen LogP contribution in [0.5, 0.6) is 11.5 Å². The Bertz CT molecular complexity index is 482. The quantitative estimate of drug-likeness (QED) is 0.807. The summed E-state index contributed by atoms with van der Waals surface area (Å²) in [6.07, 6.45) is 2.07. The molecule has 1 aromatic rings. The molecule has 0 saturated carbocycles. The molecule has 0 spiro atoms. The van der Waals surface area contributed by atoms with Gasteiger partial charge in [0.1, 0.15) is 6.10 Å². The van der Waals surface area contributed by atoms with E-state index in [0.717, 1.165) is 25.9 Å². The van der Waals surface area contributed by atoms with Crippen molar-refractivity contribution in [3.8, 4) is 11.5 Å². The Morgan fingerprint density at radius 2 is 2.10 bits per heavy atom. The van der Waals surface area contributed by atoms with E-state index in [9.17, 15) is 4.79 Å². The Morgan fingerprint density at radius 1 is 1.38 bits per heavy atom. The maximum absolute atomic E-state index is 12.2. The first-order valence-corrected chi connectivity index (χ1v) is 7.35. The van der Waals surface area contributed by atoms with Crippen molar-refractivity contribution in [2.75, 3.05) is 40.8 Å². The van der Waals surface area contributed by atoms with Gasteiger partial charge in [0.15, 0.2) is 17.3 Å². The summed E-state index contributed by atoms with van der Waals surface area (Å²) in [5, 5.41) is 2.89. The Labute approximate surface area is 126 Å². The van der Waals surface area contributed by atoms with Crippen molar-refractivity contribution in [1.29, 1.82) is 0 Å². The second kappa shape index (κ2) is 7.43. The Hall–Kier alpha value is -1.59. The number of likely N-dealkylation sites (tertiary alicyclic amines) is 1. The number of rotatable bonds is 6. The first-order chi connectivity index (χ1) is 10.2. The van der Waals surface area contributed by atoms with Crippen LogP contribution in [0.1, 0.15) is 23.2 Å². The maximum Gasteiger partial charge on any atom is 0.180 e. The van der Waals surface area contributed by atoms with Crippen molar-refractivity contribution in [1.82, 2.24) is 10.2 Å². The van der Waals surface area contributed by atoms with Crippen LogP contribution < -0.4 is 14.8 Å². The van der Waals surface area contributed by atoms with Gasteiger partial charge in [-0.05, 0) is 39.1 Å². The molecule has 0 aliphatic carbocycles. The van der Waals surface area contributed by atoms with Gasteiger partial charge < -0.3 is 19.7 Å². The minimum absolute atomic E-state index is 0.0133. The van der Waals surface area contributed by atoms with Crippen LogP contribution in [0.15, 0.2) is 18.2 Å². The third-order valence-electron chi connectivity index (χ3n) is 3.79. The summed E-state index contributed by atoms with van der Waals surface area (Å²) < 4.78 is 11.5. The number of benzene rings is 1. The van der Waals surface area contributed by atoms with Gasteiger partial charge in [0.05, 0.1) is 19.2 Å². The smallest absolute Gasteiger partial charge is 0.180 e. The third kappa shape index (κ3) is 3.95. The summed E-state index contributed by atoms with van der Waals surface area (Å²) in [5.41, 5.74) is 0.586. The number of methoxy groups -OCH3 is 1. The number of nitrogens with zero attached hydrogens (tertiary/aromatic N) is 1. The zero-order chi connectivity index (χ0) is 15.2. The molecule has 1 aliphatic heterocycles. The fraction of sp³-hybridized carbons (Fsp3) is 0.562. The van der Waals surface area contributed by atoms with Crippen molar-refractivity contribution in [2.24, 2.45) is 0 Å². The lowest BCUT2D eigenvalue weighted by atomic mass is 10.1. The van der Waals surface area contributed by atoms with Crippen LogP contribution in [0, 0.1) is 0 Å². The number of ketones is 1. The van der Waals surface area contributed by atoms with Gasteiger partial charge in [-0.25, -0.2) is 0 Å². The van der Waals surface area contributed by atoms with Crippen molar-refractivity contribution in [3.63, 3.8) is 0 Å². The monoisotopic (exact) mass is 292 g/mol. The van der Waals surface area contributed by atoms with Crippen LogP contribution >= 0.6 is 0 Å². The highest BCUT2D eigenvalue weighted by Gasteiger charge is 2.23. The van der Waals surface area contributed by atoms with Crippen LogP contribution in [-0.2, 0) is 0 Å². The van der Waals surface area contributed by atoms with Gasteiger partial charge in [-0.15, -0.1) is 0 Å². The molecule has 5 heteroatoms. The SMILES string of the molecule is CNCC(=O)c1cccc(OC)c1OC1CCN(C)CC1. The second-order valence-corrected chi connectivity index (χ2v) is 5.41. The van der Waals surface area contributed by atoms with E-state index in [1.165, 1.54) is 0 Å². The van der Waals surface area contributed by atoms with E-state index in [0.29, 0.717) is 17.1 Å². The van der Waals surface area contributed by atoms with E-state index in [-0.39, 0.29) is 18.4 Å². The topological polar surface area (TPSA) is 50.8 Å². The summed E-state index contributed by atoms with van der Waals surface area (Å²) >= 11 is 0. The van der Waals surface area contributed by atoms with Crippen molar-refractivity contribution in [3.05, 3.63) is 23.8 Å². The molecule has 2 rings (SSSR count). The lowest BCUT2D eigenvalue weighted by molar-refractivity contribution is 0.0956. The molecule has 1 saturated heterocycles. The van der Waals surface area contributed by atoms with E-state index in [2.05, 4.69) is 17.3 Å². The largest absolute Gasteiger partial charge is 0.493 e. The van der Waals surface area contributed by atoms with Crippen LogP contribution in [0.2, 0.25) is 0 Å². The molecule has 1 N–H and O–H groups in total.